The minimum Gasteiger partial charge on any atom is -0.310 e. The quantitative estimate of drug-likeness (QED) is 0.325. The Labute approximate surface area is 156 Å². The second kappa shape index (κ2) is 6.38. The molecule has 0 aliphatic rings. The van der Waals surface area contributed by atoms with E-state index in [1.807, 2.05) is 19.1 Å². The molecule has 0 fully saturated rings. The molecule has 0 unspecified atom stereocenters. The highest BCUT2D eigenvalue weighted by atomic mass is 79.9. The molecule has 0 N–H and O–H groups in total. The summed E-state index contributed by atoms with van der Waals surface area (Å²) >= 11 is 3.62. The number of fused-ring (bicyclic) bond motifs is 3. The molecule has 0 atom stereocenters. The van der Waals surface area contributed by atoms with Crippen LogP contribution in [0.3, 0.4) is 0 Å². The van der Waals surface area contributed by atoms with E-state index in [2.05, 4.69) is 93.8 Å². The minimum atomic E-state index is 1.09. The van der Waals surface area contributed by atoms with Crippen LogP contribution in [0.25, 0.3) is 38.6 Å². The van der Waals surface area contributed by atoms with Crippen LogP contribution in [0, 0.1) is 0 Å². The fourth-order valence-electron chi connectivity index (χ4n) is 3.42. The molecule has 0 spiro atoms. The van der Waals surface area contributed by atoms with Crippen molar-refractivity contribution in [3.8, 4) is 11.1 Å². The van der Waals surface area contributed by atoms with Crippen LogP contribution in [-0.4, -0.2) is 4.57 Å². The van der Waals surface area contributed by atoms with Gasteiger partial charge in [-0.25, -0.2) is 0 Å². The van der Waals surface area contributed by atoms with Gasteiger partial charge in [-0.2, -0.15) is 0 Å². The van der Waals surface area contributed by atoms with Gasteiger partial charge in [-0.05, 0) is 54.5 Å². The van der Waals surface area contributed by atoms with Crippen molar-refractivity contribution in [3.63, 3.8) is 0 Å². The number of nitrogens with zero attached hydrogens (tertiary/aromatic N) is 1. The van der Waals surface area contributed by atoms with Crippen LogP contribution in [0.4, 0.5) is 0 Å². The normalized spacial score (nSPS) is 12.0. The molecule has 4 aromatic rings. The van der Waals surface area contributed by atoms with Crippen LogP contribution >= 0.6 is 15.9 Å². The Bertz CT molecular complexity index is 1120. The highest BCUT2D eigenvalue weighted by Crippen LogP contribution is 2.36. The standard InChI is InChI=1S/C23H18BrN/c1-3-19(4-2)25-22-12-10-17(16-8-6-5-7-9-16)14-20(22)21-15-18(24)11-13-23(21)25/h3-15H,1H2,2H3/b19-4+. The molecule has 122 valence electrons. The van der Waals surface area contributed by atoms with E-state index in [-0.39, 0.29) is 0 Å². The van der Waals surface area contributed by atoms with E-state index in [1.165, 1.54) is 32.9 Å². The van der Waals surface area contributed by atoms with Gasteiger partial charge in [0.05, 0.1) is 11.0 Å². The van der Waals surface area contributed by atoms with Gasteiger partial charge >= 0.3 is 0 Å². The van der Waals surface area contributed by atoms with Crippen molar-refractivity contribution in [2.75, 3.05) is 0 Å². The Morgan fingerprint density at radius 3 is 2.24 bits per heavy atom. The molecule has 0 amide bonds. The maximum atomic E-state index is 3.99. The van der Waals surface area contributed by atoms with Gasteiger partial charge in [0.2, 0.25) is 0 Å². The lowest BCUT2D eigenvalue weighted by atomic mass is 10.0. The predicted molar refractivity (Wildman–Crippen MR) is 113 cm³/mol. The van der Waals surface area contributed by atoms with Crippen molar-refractivity contribution < 1.29 is 0 Å². The monoisotopic (exact) mass is 387 g/mol. The molecule has 0 saturated heterocycles. The Kier molecular flexibility index (Phi) is 4.06. The molecule has 25 heavy (non-hydrogen) atoms. The molecule has 4 rings (SSSR count). The maximum Gasteiger partial charge on any atom is 0.0541 e. The van der Waals surface area contributed by atoms with Gasteiger partial charge < -0.3 is 4.57 Å². The van der Waals surface area contributed by atoms with Gasteiger partial charge in [-0.1, -0.05) is 65.0 Å². The van der Waals surface area contributed by atoms with Crippen molar-refractivity contribution in [2.24, 2.45) is 0 Å². The smallest absolute Gasteiger partial charge is 0.0541 e. The average molecular weight is 388 g/mol. The largest absolute Gasteiger partial charge is 0.310 e. The molecule has 1 aromatic heterocycles. The van der Waals surface area contributed by atoms with E-state index in [4.69, 9.17) is 0 Å². The lowest BCUT2D eigenvalue weighted by molar-refractivity contribution is 1.23. The lowest BCUT2D eigenvalue weighted by Crippen LogP contribution is -1.93. The van der Waals surface area contributed by atoms with Crippen LogP contribution < -0.4 is 0 Å². The van der Waals surface area contributed by atoms with Gasteiger partial charge in [0.1, 0.15) is 0 Å². The average Bonchev–Trinajstić information content (AvgIpc) is 2.97. The second-order valence-electron chi connectivity index (χ2n) is 6.01. The van der Waals surface area contributed by atoms with Crippen LogP contribution in [0.2, 0.25) is 0 Å². The molecule has 0 radical (unpaired) electrons. The number of halogens is 1. The van der Waals surface area contributed by atoms with E-state index in [0.717, 1.165) is 10.2 Å². The summed E-state index contributed by atoms with van der Waals surface area (Å²) in [6.07, 6.45) is 4.01. The number of allylic oxidation sites excluding steroid dienone is 3. The summed E-state index contributed by atoms with van der Waals surface area (Å²) in [5.74, 6) is 0. The molecular formula is C23H18BrN. The zero-order valence-corrected chi connectivity index (χ0v) is 15.6. The Morgan fingerprint density at radius 2 is 1.56 bits per heavy atom. The van der Waals surface area contributed by atoms with Crippen molar-refractivity contribution >= 4 is 43.4 Å². The third-order valence-corrected chi connectivity index (χ3v) is 5.09. The SMILES string of the molecule is C=C/C(=C\C)n1c2ccc(Br)cc2c2cc(-c3ccccc3)ccc21. The summed E-state index contributed by atoms with van der Waals surface area (Å²) in [7, 11) is 0. The Morgan fingerprint density at radius 1 is 0.880 bits per heavy atom. The predicted octanol–water partition coefficient (Wildman–Crippen LogP) is 7.27. The van der Waals surface area contributed by atoms with Crippen LogP contribution in [-0.2, 0) is 0 Å². The van der Waals surface area contributed by atoms with Crippen molar-refractivity contribution in [2.45, 2.75) is 6.92 Å². The van der Waals surface area contributed by atoms with E-state index in [9.17, 15) is 0 Å². The number of hydrogen-bond donors (Lipinski definition) is 0. The molecule has 3 aromatic carbocycles. The second-order valence-corrected chi connectivity index (χ2v) is 6.93. The zero-order chi connectivity index (χ0) is 17.4. The number of benzene rings is 3. The van der Waals surface area contributed by atoms with E-state index in [0.29, 0.717) is 0 Å². The molecule has 0 bridgehead atoms. The maximum absolute atomic E-state index is 3.99. The molecule has 1 nitrogen and oxygen atoms in total. The molecule has 0 aliphatic heterocycles. The number of aromatic nitrogens is 1. The summed E-state index contributed by atoms with van der Waals surface area (Å²) in [5.41, 5.74) is 5.94. The summed E-state index contributed by atoms with van der Waals surface area (Å²) in [6.45, 7) is 6.03. The van der Waals surface area contributed by atoms with Crippen molar-refractivity contribution in [3.05, 3.63) is 89.9 Å². The lowest BCUT2D eigenvalue weighted by Gasteiger charge is -2.08. The highest BCUT2D eigenvalue weighted by molar-refractivity contribution is 9.10. The summed E-state index contributed by atoms with van der Waals surface area (Å²) in [4.78, 5) is 0. The molecule has 0 saturated carbocycles. The van der Waals surface area contributed by atoms with Crippen molar-refractivity contribution in [1.29, 1.82) is 0 Å². The molecule has 1 heterocycles. The van der Waals surface area contributed by atoms with E-state index < -0.39 is 0 Å². The Hall–Kier alpha value is -2.58. The fourth-order valence-corrected chi connectivity index (χ4v) is 3.78. The summed E-state index contributed by atoms with van der Waals surface area (Å²) in [5, 5.41) is 2.49. The number of rotatable bonds is 3. The zero-order valence-electron chi connectivity index (χ0n) is 14.0. The Balaban J connectivity index is 2.10. The molecule has 2 heteroatoms. The topological polar surface area (TPSA) is 4.93 Å². The third-order valence-electron chi connectivity index (χ3n) is 4.60. The van der Waals surface area contributed by atoms with Gasteiger partial charge in [-0.15, -0.1) is 0 Å². The first-order chi connectivity index (χ1) is 12.2. The van der Waals surface area contributed by atoms with Gasteiger partial charge in [0, 0.05) is 20.9 Å². The van der Waals surface area contributed by atoms with Gasteiger partial charge in [0.15, 0.2) is 0 Å². The van der Waals surface area contributed by atoms with Crippen LogP contribution in [0.5, 0.6) is 0 Å². The summed E-state index contributed by atoms with van der Waals surface area (Å²) in [6, 6.07) is 23.6. The molecular weight excluding hydrogens is 370 g/mol. The first-order valence-electron chi connectivity index (χ1n) is 8.31. The number of hydrogen-bond acceptors (Lipinski definition) is 0. The van der Waals surface area contributed by atoms with Gasteiger partial charge in [-0.3, -0.25) is 0 Å². The molecule has 0 aliphatic carbocycles. The first-order valence-corrected chi connectivity index (χ1v) is 9.10. The van der Waals surface area contributed by atoms with E-state index in [1.54, 1.807) is 0 Å². The van der Waals surface area contributed by atoms with Crippen LogP contribution in [0.1, 0.15) is 6.92 Å². The highest BCUT2D eigenvalue weighted by Gasteiger charge is 2.13. The van der Waals surface area contributed by atoms with Crippen molar-refractivity contribution in [1.82, 2.24) is 4.57 Å². The first kappa shape index (κ1) is 15.9. The fraction of sp³-hybridized carbons (Fsp3) is 0.0435. The minimum absolute atomic E-state index is 1.09. The van der Waals surface area contributed by atoms with Gasteiger partial charge in [0.25, 0.3) is 0 Å². The van der Waals surface area contributed by atoms with Crippen LogP contribution in [0.15, 0.2) is 89.9 Å². The van der Waals surface area contributed by atoms with E-state index >= 15 is 0 Å². The summed E-state index contributed by atoms with van der Waals surface area (Å²) < 4.78 is 3.36. The third kappa shape index (κ3) is 2.63.